The summed E-state index contributed by atoms with van der Waals surface area (Å²) in [5, 5.41) is 3.50. The molecule has 1 heterocycles. The van der Waals surface area contributed by atoms with Crippen molar-refractivity contribution in [2.24, 2.45) is 5.92 Å². The number of rotatable bonds is 7. The molecule has 1 fully saturated rings. The highest BCUT2D eigenvalue weighted by Crippen LogP contribution is 2.25. The van der Waals surface area contributed by atoms with E-state index in [0.717, 1.165) is 18.4 Å². The Morgan fingerprint density at radius 3 is 2.73 bits per heavy atom. The standard InChI is InChI=1S/C18H26N2O2/c1-12(2)17(21)6-5-14-7-8-19-18(9-14)22-16-10-15(11-16)20-13(3)4/h5-9,12-13,15-16,20H,10-11H2,1-4H3/b6-5+/t15-,16-. The third-order valence-corrected chi connectivity index (χ3v) is 3.72. The smallest absolute Gasteiger partial charge is 0.214 e. The number of ketones is 1. The Kier molecular flexibility index (Phi) is 5.72. The molecule has 22 heavy (non-hydrogen) atoms. The maximum absolute atomic E-state index is 11.6. The van der Waals surface area contributed by atoms with Gasteiger partial charge in [-0.15, -0.1) is 0 Å². The maximum atomic E-state index is 11.6. The molecule has 0 aromatic carbocycles. The zero-order chi connectivity index (χ0) is 16.1. The van der Waals surface area contributed by atoms with E-state index in [4.69, 9.17) is 4.74 Å². The molecule has 120 valence electrons. The van der Waals surface area contributed by atoms with Crippen molar-refractivity contribution in [2.75, 3.05) is 0 Å². The fraction of sp³-hybridized carbons (Fsp3) is 0.556. The van der Waals surface area contributed by atoms with Crippen LogP contribution in [0.4, 0.5) is 0 Å². The minimum Gasteiger partial charge on any atom is -0.474 e. The second kappa shape index (κ2) is 7.54. The van der Waals surface area contributed by atoms with Crippen LogP contribution in [0.3, 0.4) is 0 Å². The number of aromatic nitrogens is 1. The van der Waals surface area contributed by atoms with Gasteiger partial charge in [0.1, 0.15) is 6.10 Å². The van der Waals surface area contributed by atoms with Gasteiger partial charge in [0.2, 0.25) is 5.88 Å². The van der Waals surface area contributed by atoms with Crippen molar-refractivity contribution in [2.45, 2.75) is 58.7 Å². The first-order chi connectivity index (χ1) is 10.4. The van der Waals surface area contributed by atoms with E-state index in [2.05, 4.69) is 24.1 Å². The third-order valence-electron chi connectivity index (χ3n) is 3.72. The first kappa shape index (κ1) is 16.7. The minimum absolute atomic E-state index is 0.0224. The average molecular weight is 302 g/mol. The van der Waals surface area contributed by atoms with Crippen molar-refractivity contribution in [3.8, 4) is 5.88 Å². The first-order valence-corrected chi connectivity index (χ1v) is 8.04. The van der Waals surface area contributed by atoms with Gasteiger partial charge in [0.25, 0.3) is 0 Å². The molecule has 0 spiro atoms. The molecule has 1 aromatic heterocycles. The Morgan fingerprint density at radius 2 is 2.09 bits per heavy atom. The van der Waals surface area contributed by atoms with Gasteiger partial charge in [-0.3, -0.25) is 4.79 Å². The van der Waals surface area contributed by atoms with Gasteiger partial charge in [0.15, 0.2) is 5.78 Å². The van der Waals surface area contributed by atoms with E-state index in [-0.39, 0.29) is 17.8 Å². The molecule has 4 heteroatoms. The molecule has 0 bridgehead atoms. The molecule has 0 saturated heterocycles. The van der Waals surface area contributed by atoms with E-state index in [9.17, 15) is 4.79 Å². The summed E-state index contributed by atoms with van der Waals surface area (Å²) < 4.78 is 5.89. The van der Waals surface area contributed by atoms with Gasteiger partial charge in [-0.25, -0.2) is 4.98 Å². The lowest BCUT2D eigenvalue weighted by Gasteiger charge is -2.36. The Bertz CT molecular complexity index is 532. The van der Waals surface area contributed by atoms with Gasteiger partial charge in [0.05, 0.1) is 0 Å². The highest BCUT2D eigenvalue weighted by atomic mass is 16.5. The minimum atomic E-state index is 0.0224. The first-order valence-electron chi connectivity index (χ1n) is 8.04. The monoisotopic (exact) mass is 302 g/mol. The number of pyridine rings is 1. The van der Waals surface area contributed by atoms with Crippen LogP contribution < -0.4 is 10.1 Å². The molecule has 4 nitrogen and oxygen atoms in total. The number of hydrogen-bond donors (Lipinski definition) is 1. The molecular weight excluding hydrogens is 276 g/mol. The zero-order valence-electron chi connectivity index (χ0n) is 13.9. The van der Waals surface area contributed by atoms with Crippen LogP contribution in [-0.2, 0) is 4.79 Å². The van der Waals surface area contributed by atoms with Crippen LogP contribution in [-0.4, -0.2) is 29.0 Å². The van der Waals surface area contributed by atoms with E-state index in [1.165, 1.54) is 0 Å². The van der Waals surface area contributed by atoms with E-state index >= 15 is 0 Å². The Hall–Kier alpha value is -1.68. The van der Waals surface area contributed by atoms with E-state index in [1.54, 1.807) is 12.3 Å². The summed E-state index contributed by atoms with van der Waals surface area (Å²) in [5.41, 5.74) is 0.940. The number of nitrogens with one attached hydrogen (secondary N) is 1. The van der Waals surface area contributed by atoms with Gasteiger partial charge in [0, 0.05) is 30.3 Å². The Labute approximate surface area is 133 Å². The normalized spacial score (nSPS) is 21.4. The van der Waals surface area contributed by atoms with Gasteiger partial charge in [-0.1, -0.05) is 33.8 Å². The number of carbonyl (C=O) groups excluding carboxylic acids is 1. The average Bonchev–Trinajstić information content (AvgIpc) is 2.42. The van der Waals surface area contributed by atoms with Crippen LogP contribution in [0.15, 0.2) is 24.4 Å². The molecule has 1 aliphatic rings. The number of ether oxygens (including phenoxy) is 1. The highest BCUT2D eigenvalue weighted by molar-refractivity contribution is 5.94. The van der Waals surface area contributed by atoms with Crippen molar-refractivity contribution in [1.29, 1.82) is 0 Å². The number of allylic oxidation sites excluding steroid dienone is 1. The largest absolute Gasteiger partial charge is 0.474 e. The molecule has 1 aromatic rings. The van der Waals surface area contributed by atoms with Crippen molar-refractivity contribution in [3.05, 3.63) is 30.0 Å². The maximum Gasteiger partial charge on any atom is 0.214 e. The van der Waals surface area contributed by atoms with E-state index in [0.29, 0.717) is 18.0 Å². The number of nitrogens with zero attached hydrogens (tertiary/aromatic N) is 1. The lowest BCUT2D eigenvalue weighted by molar-refractivity contribution is -0.117. The van der Waals surface area contributed by atoms with Crippen molar-refractivity contribution < 1.29 is 9.53 Å². The lowest BCUT2D eigenvalue weighted by atomic mass is 9.89. The van der Waals surface area contributed by atoms with Gasteiger partial charge < -0.3 is 10.1 Å². The second-order valence-electron chi connectivity index (χ2n) is 6.55. The van der Waals surface area contributed by atoms with Crippen molar-refractivity contribution in [3.63, 3.8) is 0 Å². The van der Waals surface area contributed by atoms with E-state index in [1.807, 2.05) is 32.1 Å². The zero-order valence-corrected chi connectivity index (χ0v) is 13.9. The van der Waals surface area contributed by atoms with Crippen LogP contribution in [0.5, 0.6) is 5.88 Å². The SMILES string of the molecule is CC(C)N[C@H]1C[C@H](Oc2cc(/C=C/C(=O)C(C)C)ccn2)C1. The molecule has 0 unspecified atom stereocenters. The van der Waals surface area contributed by atoms with E-state index < -0.39 is 0 Å². The number of hydrogen-bond acceptors (Lipinski definition) is 4. The summed E-state index contributed by atoms with van der Waals surface area (Å²) in [6.07, 6.45) is 7.44. The van der Waals surface area contributed by atoms with Crippen LogP contribution >= 0.6 is 0 Å². The van der Waals surface area contributed by atoms with Crippen molar-refractivity contribution >= 4 is 11.9 Å². The summed E-state index contributed by atoms with van der Waals surface area (Å²) in [6.45, 7) is 8.10. The molecular formula is C18H26N2O2. The van der Waals surface area contributed by atoms with Crippen LogP contribution in [0.25, 0.3) is 6.08 Å². The predicted molar refractivity (Wildman–Crippen MR) is 88.8 cm³/mol. The van der Waals surface area contributed by atoms with Gasteiger partial charge in [-0.05, 0) is 30.5 Å². The molecule has 2 rings (SSSR count). The van der Waals surface area contributed by atoms with Crippen LogP contribution in [0.2, 0.25) is 0 Å². The quantitative estimate of drug-likeness (QED) is 0.786. The third kappa shape index (κ3) is 4.95. The fourth-order valence-corrected chi connectivity index (χ4v) is 2.40. The van der Waals surface area contributed by atoms with Crippen molar-refractivity contribution in [1.82, 2.24) is 10.3 Å². The molecule has 0 amide bonds. The molecule has 0 aliphatic heterocycles. The molecule has 1 N–H and O–H groups in total. The summed E-state index contributed by atoms with van der Waals surface area (Å²) in [6, 6.07) is 4.82. The molecule has 0 radical (unpaired) electrons. The molecule has 0 atom stereocenters. The van der Waals surface area contributed by atoms with Gasteiger partial charge >= 0.3 is 0 Å². The summed E-state index contributed by atoms with van der Waals surface area (Å²) in [7, 11) is 0. The predicted octanol–water partition coefficient (Wildman–Crippen LogP) is 3.23. The van der Waals surface area contributed by atoms with Gasteiger partial charge in [-0.2, -0.15) is 0 Å². The Balaban J connectivity index is 1.86. The summed E-state index contributed by atoms with van der Waals surface area (Å²) in [5.74, 6) is 0.780. The van der Waals surface area contributed by atoms with Crippen LogP contribution in [0, 0.1) is 5.92 Å². The molecule has 1 saturated carbocycles. The number of carbonyl (C=O) groups is 1. The second-order valence-corrected chi connectivity index (χ2v) is 6.55. The Morgan fingerprint density at radius 1 is 1.36 bits per heavy atom. The van der Waals surface area contributed by atoms with Crippen LogP contribution in [0.1, 0.15) is 46.1 Å². The summed E-state index contributed by atoms with van der Waals surface area (Å²) >= 11 is 0. The molecule has 1 aliphatic carbocycles. The topological polar surface area (TPSA) is 51.2 Å². The highest BCUT2D eigenvalue weighted by Gasteiger charge is 2.31. The fourth-order valence-electron chi connectivity index (χ4n) is 2.40. The summed E-state index contributed by atoms with van der Waals surface area (Å²) in [4.78, 5) is 15.9. The lowest BCUT2D eigenvalue weighted by Crippen LogP contribution is -2.49.